The molecule has 1 fully saturated rings. The molecule has 3 rings (SSSR count). The number of hydrogen-bond acceptors (Lipinski definition) is 4. The number of amides is 1. The van der Waals surface area contributed by atoms with E-state index in [4.69, 9.17) is 9.31 Å². The molecule has 2 heterocycles. The van der Waals surface area contributed by atoms with Gasteiger partial charge in [0, 0.05) is 11.1 Å². The van der Waals surface area contributed by atoms with Gasteiger partial charge in [-0.05, 0) is 56.7 Å². The third kappa shape index (κ3) is 3.20. The van der Waals surface area contributed by atoms with E-state index in [2.05, 4.69) is 5.32 Å². The van der Waals surface area contributed by atoms with Crippen molar-refractivity contribution in [2.75, 3.05) is 5.32 Å². The van der Waals surface area contributed by atoms with Crippen LogP contribution < -0.4 is 10.8 Å². The summed E-state index contributed by atoms with van der Waals surface area (Å²) in [6.07, 6.45) is 0. The van der Waals surface area contributed by atoms with Crippen LogP contribution in [0.4, 0.5) is 5.69 Å². The van der Waals surface area contributed by atoms with Gasteiger partial charge >= 0.3 is 7.12 Å². The number of carbonyl (C=O) groups excluding carboxylic acids is 1. The highest BCUT2D eigenvalue weighted by Gasteiger charge is 2.51. The fraction of sp³-hybridized carbons (Fsp3) is 0.353. The van der Waals surface area contributed by atoms with E-state index in [0.29, 0.717) is 5.56 Å². The summed E-state index contributed by atoms with van der Waals surface area (Å²) in [6, 6.07) is 9.40. The Morgan fingerprint density at radius 2 is 1.83 bits per heavy atom. The summed E-state index contributed by atoms with van der Waals surface area (Å²) in [5.74, 6) is -0.114. The molecule has 0 aliphatic carbocycles. The molecule has 120 valence electrons. The van der Waals surface area contributed by atoms with Crippen LogP contribution in [-0.2, 0) is 9.31 Å². The normalized spacial score (nSPS) is 18.9. The second-order valence-electron chi connectivity index (χ2n) is 6.68. The van der Waals surface area contributed by atoms with Gasteiger partial charge in [0.15, 0.2) is 0 Å². The molecule has 1 saturated heterocycles. The molecular weight excluding hydrogens is 309 g/mol. The highest BCUT2D eigenvalue weighted by molar-refractivity contribution is 7.08. The molecule has 0 radical (unpaired) electrons. The summed E-state index contributed by atoms with van der Waals surface area (Å²) in [6.45, 7) is 8.09. The zero-order valence-corrected chi connectivity index (χ0v) is 14.6. The monoisotopic (exact) mass is 329 g/mol. The zero-order chi connectivity index (χ0) is 16.7. The van der Waals surface area contributed by atoms with Gasteiger partial charge in [0.1, 0.15) is 0 Å². The average molecular weight is 329 g/mol. The molecule has 1 aliphatic heterocycles. The van der Waals surface area contributed by atoms with Crippen LogP contribution in [0.3, 0.4) is 0 Å². The molecule has 6 heteroatoms. The Kier molecular flexibility index (Phi) is 4.08. The highest BCUT2D eigenvalue weighted by Crippen LogP contribution is 2.36. The maximum absolute atomic E-state index is 12.1. The van der Waals surface area contributed by atoms with Crippen molar-refractivity contribution >= 4 is 35.5 Å². The van der Waals surface area contributed by atoms with Gasteiger partial charge < -0.3 is 14.6 Å². The van der Waals surface area contributed by atoms with Crippen molar-refractivity contribution in [2.45, 2.75) is 38.9 Å². The van der Waals surface area contributed by atoms with Crippen molar-refractivity contribution in [3.8, 4) is 0 Å². The summed E-state index contributed by atoms with van der Waals surface area (Å²) in [4.78, 5) is 12.1. The first-order valence-electron chi connectivity index (χ1n) is 7.58. The Balaban J connectivity index is 1.77. The summed E-state index contributed by atoms with van der Waals surface area (Å²) in [7, 11) is -0.432. The number of benzene rings is 1. The van der Waals surface area contributed by atoms with Gasteiger partial charge in [-0.25, -0.2) is 0 Å². The Hall–Kier alpha value is -1.63. The largest absolute Gasteiger partial charge is 0.494 e. The molecular formula is C17H20BNO3S. The predicted molar refractivity (Wildman–Crippen MR) is 94.4 cm³/mol. The summed E-state index contributed by atoms with van der Waals surface area (Å²) in [5, 5.41) is 6.62. The van der Waals surface area contributed by atoms with Gasteiger partial charge in [0.25, 0.3) is 5.91 Å². The molecule has 1 aromatic heterocycles. The first-order valence-corrected chi connectivity index (χ1v) is 8.52. The smallest absolute Gasteiger partial charge is 0.399 e. The maximum atomic E-state index is 12.1. The van der Waals surface area contributed by atoms with E-state index in [0.717, 1.165) is 11.2 Å². The van der Waals surface area contributed by atoms with E-state index in [9.17, 15) is 4.79 Å². The summed E-state index contributed by atoms with van der Waals surface area (Å²) < 4.78 is 12.1. The second kappa shape index (κ2) is 5.78. The summed E-state index contributed by atoms with van der Waals surface area (Å²) in [5.41, 5.74) is 1.53. The standard InChI is InChI=1S/C17H20BNO3S/c1-16(2)17(3,4)22-18(21-16)13-6-5-7-14(10-13)19-15(20)12-8-9-23-11-12/h5-11H,1-4H3,(H,19,20). The van der Waals surface area contributed by atoms with Crippen molar-refractivity contribution < 1.29 is 14.1 Å². The molecule has 1 amide bonds. The number of hydrogen-bond donors (Lipinski definition) is 1. The first kappa shape index (κ1) is 16.2. The Bertz CT molecular complexity index is 696. The van der Waals surface area contributed by atoms with Gasteiger partial charge in [-0.1, -0.05) is 12.1 Å². The zero-order valence-electron chi connectivity index (χ0n) is 13.8. The number of nitrogens with one attached hydrogen (secondary N) is 1. The number of carbonyl (C=O) groups is 1. The fourth-order valence-electron chi connectivity index (χ4n) is 2.34. The van der Waals surface area contributed by atoms with E-state index in [1.807, 2.05) is 62.7 Å². The molecule has 23 heavy (non-hydrogen) atoms. The van der Waals surface area contributed by atoms with E-state index in [1.54, 1.807) is 6.07 Å². The SMILES string of the molecule is CC1(C)OB(c2cccc(NC(=O)c3ccsc3)c2)OC1(C)C. The number of rotatable bonds is 3. The minimum absolute atomic E-state index is 0.114. The maximum Gasteiger partial charge on any atom is 0.494 e. The van der Waals surface area contributed by atoms with E-state index >= 15 is 0 Å². The van der Waals surface area contributed by atoms with Crippen molar-refractivity contribution in [1.29, 1.82) is 0 Å². The minimum atomic E-state index is -0.432. The minimum Gasteiger partial charge on any atom is -0.399 e. The number of thiophene rings is 1. The lowest BCUT2D eigenvalue weighted by molar-refractivity contribution is 0.00578. The fourth-order valence-corrected chi connectivity index (χ4v) is 2.98. The molecule has 2 aromatic rings. The molecule has 0 bridgehead atoms. The van der Waals surface area contributed by atoms with E-state index < -0.39 is 7.12 Å². The highest BCUT2D eigenvalue weighted by atomic mass is 32.1. The van der Waals surface area contributed by atoms with E-state index in [1.165, 1.54) is 11.3 Å². The van der Waals surface area contributed by atoms with Crippen molar-refractivity contribution in [3.63, 3.8) is 0 Å². The van der Waals surface area contributed by atoms with Crippen LogP contribution in [0.25, 0.3) is 0 Å². The van der Waals surface area contributed by atoms with Crippen LogP contribution in [0.2, 0.25) is 0 Å². The van der Waals surface area contributed by atoms with Crippen LogP contribution in [-0.4, -0.2) is 24.2 Å². The van der Waals surface area contributed by atoms with Crippen molar-refractivity contribution in [1.82, 2.24) is 0 Å². The Labute approximate surface area is 141 Å². The Morgan fingerprint density at radius 1 is 1.13 bits per heavy atom. The van der Waals surface area contributed by atoms with Gasteiger partial charge in [-0.2, -0.15) is 11.3 Å². The van der Waals surface area contributed by atoms with E-state index in [-0.39, 0.29) is 17.1 Å². The van der Waals surface area contributed by atoms with Gasteiger partial charge in [-0.3, -0.25) is 4.79 Å². The van der Waals surface area contributed by atoms with Crippen LogP contribution >= 0.6 is 11.3 Å². The van der Waals surface area contributed by atoms with Gasteiger partial charge in [0.2, 0.25) is 0 Å². The van der Waals surface area contributed by atoms with Crippen molar-refractivity contribution in [2.24, 2.45) is 0 Å². The van der Waals surface area contributed by atoms with Crippen LogP contribution in [0.5, 0.6) is 0 Å². The predicted octanol–water partition coefficient (Wildman–Crippen LogP) is 3.30. The molecule has 1 aromatic carbocycles. The van der Waals surface area contributed by atoms with Crippen LogP contribution in [0.15, 0.2) is 41.1 Å². The molecule has 4 nitrogen and oxygen atoms in total. The lowest BCUT2D eigenvalue weighted by Crippen LogP contribution is -2.41. The van der Waals surface area contributed by atoms with Crippen LogP contribution in [0, 0.1) is 0 Å². The number of anilines is 1. The summed E-state index contributed by atoms with van der Waals surface area (Å²) >= 11 is 1.50. The van der Waals surface area contributed by atoms with Crippen LogP contribution in [0.1, 0.15) is 38.1 Å². The van der Waals surface area contributed by atoms with Crippen molar-refractivity contribution in [3.05, 3.63) is 46.7 Å². The molecule has 0 atom stereocenters. The van der Waals surface area contributed by atoms with Gasteiger partial charge in [0.05, 0.1) is 16.8 Å². The Morgan fingerprint density at radius 3 is 2.43 bits per heavy atom. The molecule has 0 unspecified atom stereocenters. The molecule has 1 aliphatic rings. The second-order valence-corrected chi connectivity index (χ2v) is 7.46. The molecule has 1 N–H and O–H groups in total. The first-order chi connectivity index (χ1) is 10.8. The third-order valence-electron chi connectivity index (χ3n) is 4.45. The molecule has 0 spiro atoms. The molecule has 0 saturated carbocycles. The topological polar surface area (TPSA) is 47.6 Å². The lowest BCUT2D eigenvalue weighted by atomic mass is 9.79. The quantitative estimate of drug-likeness (QED) is 0.879. The van der Waals surface area contributed by atoms with Gasteiger partial charge in [-0.15, -0.1) is 0 Å². The lowest BCUT2D eigenvalue weighted by Gasteiger charge is -2.32. The average Bonchev–Trinajstić information content (AvgIpc) is 3.06. The third-order valence-corrected chi connectivity index (χ3v) is 5.14.